The highest BCUT2D eigenvalue weighted by molar-refractivity contribution is 8.01. The van der Waals surface area contributed by atoms with Crippen LogP contribution >= 0.6 is 34.9 Å². The van der Waals surface area contributed by atoms with Gasteiger partial charge in [0, 0.05) is 5.75 Å². The minimum Gasteiger partial charge on any atom is -0.480 e. The van der Waals surface area contributed by atoms with Crippen molar-refractivity contribution in [3.63, 3.8) is 0 Å². The second-order valence-electron chi connectivity index (χ2n) is 3.44. The average molecular weight is 289 g/mol. The number of carboxylic acids is 1. The lowest BCUT2D eigenvalue weighted by molar-refractivity contribution is -0.146. The fourth-order valence-corrected chi connectivity index (χ4v) is 4.30. The summed E-state index contributed by atoms with van der Waals surface area (Å²) in [7, 11) is 0. The molecular formula is C10H11NO3S3. The first-order valence-corrected chi connectivity index (χ1v) is 7.97. The molecular weight excluding hydrogens is 278 g/mol. The summed E-state index contributed by atoms with van der Waals surface area (Å²) in [5.74, 6) is 0.279. The van der Waals surface area contributed by atoms with E-state index in [1.165, 1.54) is 28.4 Å². The van der Waals surface area contributed by atoms with Crippen LogP contribution in [0.2, 0.25) is 0 Å². The Balaban J connectivity index is 1.89. The molecule has 0 radical (unpaired) electrons. The molecule has 0 aliphatic carbocycles. The van der Waals surface area contributed by atoms with Gasteiger partial charge in [-0.3, -0.25) is 4.79 Å². The molecule has 1 saturated heterocycles. The molecule has 1 fully saturated rings. The molecule has 7 heteroatoms. The zero-order valence-corrected chi connectivity index (χ0v) is 11.3. The van der Waals surface area contributed by atoms with Gasteiger partial charge in [-0.25, -0.2) is 4.79 Å². The maximum Gasteiger partial charge on any atom is 0.327 e. The predicted octanol–water partition coefficient (Wildman–Crippen LogP) is 1.83. The van der Waals surface area contributed by atoms with Crippen LogP contribution < -0.4 is 0 Å². The first-order valence-electron chi connectivity index (χ1n) is 4.95. The molecule has 0 saturated carbocycles. The van der Waals surface area contributed by atoms with Crippen LogP contribution in [0.25, 0.3) is 0 Å². The Morgan fingerprint density at radius 3 is 3.06 bits per heavy atom. The third-order valence-electron chi connectivity index (χ3n) is 2.32. The van der Waals surface area contributed by atoms with E-state index in [2.05, 4.69) is 0 Å². The number of rotatable bonds is 4. The molecule has 1 aliphatic heterocycles. The number of thiophene rings is 1. The Morgan fingerprint density at radius 1 is 1.59 bits per heavy atom. The van der Waals surface area contributed by atoms with Crippen LogP contribution in [0, 0.1) is 0 Å². The number of hydrogen-bond donors (Lipinski definition) is 1. The van der Waals surface area contributed by atoms with Gasteiger partial charge in [-0.05, 0) is 11.4 Å². The Morgan fingerprint density at radius 2 is 2.41 bits per heavy atom. The lowest BCUT2D eigenvalue weighted by Crippen LogP contribution is -2.42. The Kier molecular flexibility index (Phi) is 4.36. The Labute approximate surface area is 111 Å². The third-order valence-corrected chi connectivity index (χ3v) is 5.45. The molecule has 17 heavy (non-hydrogen) atoms. The summed E-state index contributed by atoms with van der Waals surface area (Å²) in [6, 6.07) is 3.23. The molecule has 0 spiro atoms. The van der Waals surface area contributed by atoms with Crippen molar-refractivity contribution >= 4 is 46.7 Å². The van der Waals surface area contributed by atoms with Crippen molar-refractivity contribution in [1.29, 1.82) is 0 Å². The standard InChI is InChI=1S/C10H11NO3S3/c12-8(5-17-9-2-1-3-16-9)11-6-15-4-7(11)10(13)14/h1-3,7H,4-6H2,(H,13,14)/t7-/m0/s1. The molecule has 1 aliphatic rings. The van der Waals surface area contributed by atoms with E-state index in [-0.39, 0.29) is 5.91 Å². The van der Waals surface area contributed by atoms with Crippen LogP contribution in [0.1, 0.15) is 0 Å². The molecule has 0 bridgehead atoms. The molecule has 92 valence electrons. The van der Waals surface area contributed by atoms with Crippen molar-refractivity contribution < 1.29 is 14.7 Å². The number of carbonyl (C=O) groups excluding carboxylic acids is 1. The predicted molar refractivity (Wildman–Crippen MR) is 70.6 cm³/mol. The van der Waals surface area contributed by atoms with E-state index in [0.29, 0.717) is 17.4 Å². The average Bonchev–Trinajstić information content (AvgIpc) is 2.96. The molecule has 0 unspecified atom stereocenters. The van der Waals surface area contributed by atoms with Gasteiger partial charge in [-0.15, -0.1) is 34.9 Å². The zero-order valence-electron chi connectivity index (χ0n) is 8.87. The van der Waals surface area contributed by atoms with Crippen LogP contribution in [-0.2, 0) is 9.59 Å². The molecule has 1 amide bonds. The highest BCUT2D eigenvalue weighted by Crippen LogP contribution is 2.26. The van der Waals surface area contributed by atoms with Crippen LogP contribution in [0.4, 0.5) is 0 Å². The van der Waals surface area contributed by atoms with Crippen LogP contribution in [0.15, 0.2) is 21.7 Å². The van der Waals surface area contributed by atoms with E-state index < -0.39 is 12.0 Å². The summed E-state index contributed by atoms with van der Waals surface area (Å²) in [5, 5.41) is 10.9. The first-order chi connectivity index (χ1) is 8.18. The lowest BCUT2D eigenvalue weighted by Gasteiger charge is -2.19. The fourth-order valence-electron chi connectivity index (χ4n) is 1.45. The number of thioether (sulfide) groups is 2. The summed E-state index contributed by atoms with van der Waals surface area (Å²) in [6.45, 7) is 0. The smallest absolute Gasteiger partial charge is 0.327 e. The molecule has 2 heterocycles. The molecule has 1 atom stereocenters. The SMILES string of the molecule is O=C(O)[C@@H]1CSCN1C(=O)CSc1cccs1. The van der Waals surface area contributed by atoms with Gasteiger partial charge in [0.1, 0.15) is 6.04 Å². The van der Waals surface area contributed by atoms with E-state index in [9.17, 15) is 9.59 Å². The van der Waals surface area contributed by atoms with Crippen molar-refractivity contribution in [2.24, 2.45) is 0 Å². The Hall–Kier alpha value is -0.660. The van der Waals surface area contributed by atoms with Crippen molar-refractivity contribution in [3.05, 3.63) is 17.5 Å². The summed E-state index contributed by atoms with van der Waals surface area (Å²) in [5.41, 5.74) is 0. The maximum absolute atomic E-state index is 11.9. The number of carboxylic acid groups (broad SMARTS) is 1. The maximum atomic E-state index is 11.9. The van der Waals surface area contributed by atoms with Gasteiger partial charge in [0.05, 0.1) is 15.8 Å². The zero-order chi connectivity index (χ0) is 12.3. The minimum absolute atomic E-state index is 0.0965. The summed E-state index contributed by atoms with van der Waals surface area (Å²) in [4.78, 5) is 24.3. The second kappa shape index (κ2) is 5.79. The van der Waals surface area contributed by atoms with E-state index in [0.717, 1.165) is 4.21 Å². The quantitative estimate of drug-likeness (QED) is 0.857. The van der Waals surface area contributed by atoms with E-state index in [4.69, 9.17) is 5.11 Å². The van der Waals surface area contributed by atoms with Gasteiger partial charge in [0.15, 0.2) is 0 Å². The monoisotopic (exact) mass is 289 g/mol. The summed E-state index contributed by atoms with van der Waals surface area (Å²) in [6.07, 6.45) is 0. The van der Waals surface area contributed by atoms with Gasteiger partial charge >= 0.3 is 5.97 Å². The molecule has 0 aromatic carbocycles. The summed E-state index contributed by atoms with van der Waals surface area (Å²) >= 11 is 4.53. The number of hydrogen-bond acceptors (Lipinski definition) is 5. The van der Waals surface area contributed by atoms with Gasteiger partial charge < -0.3 is 10.0 Å². The first kappa shape index (κ1) is 12.8. The van der Waals surface area contributed by atoms with E-state index in [1.54, 1.807) is 11.3 Å². The van der Waals surface area contributed by atoms with E-state index >= 15 is 0 Å². The van der Waals surface area contributed by atoms with Crippen molar-refractivity contribution in [2.45, 2.75) is 10.3 Å². The lowest BCUT2D eigenvalue weighted by atomic mass is 10.3. The molecule has 1 aromatic heterocycles. The topological polar surface area (TPSA) is 57.6 Å². The second-order valence-corrected chi connectivity index (χ2v) is 6.66. The number of nitrogens with zero attached hydrogens (tertiary/aromatic N) is 1. The van der Waals surface area contributed by atoms with Crippen molar-refractivity contribution in [1.82, 2.24) is 4.90 Å². The largest absolute Gasteiger partial charge is 0.480 e. The third kappa shape index (κ3) is 3.17. The molecule has 1 aromatic rings. The number of amides is 1. The van der Waals surface area contributed by atoms with Gasteiger partial charge in [-0.2, -0.15) is 0 Å². The van der Waals surface area contributed by atoms with Crippen LogP contribution in [0.3, 0.4) is 0 Å². The van der Waals surface area contributed by atoms with Gasteiger partial charge in [0.25, 0.3) is 0 Å². The number of aliphatic carboxylic acids is 1. The molecule has 4 nitrogen and oxygen atoms in total. The van der Waals surface area contributed by atoms with Crippen LogP contribution in [0.5, 0.6) is 0 Å². The minimum atomic E-state index is -0.913. The fraction of sp³-hybridized carbons (Fsp3) is 0.400. The highest BCUT2D eigenvalue weighted by Gasteiger charge is 2.34. The molecule has 2 rings (SSSR count). The van der Waals surface area contributed by atoms with Crippen molar-refractivity contribution in [3.8, 4) is 0 Å². The Bertz CT molecular complexity index is 407. The number of carbonyl (C=O) groups is 2. The van der Waals surface area contributed by atoms with Crippen LogP contribution in [-0.4, -0.2) is 45.3 Å². The highest BCUT2D eigenvalue weighted by atomic mass is 32.2. The normalized spacial score (nSPS) is 19.5. The van der Waals surface area contributed by atoms with Gasteiger partial charge in [0.2, 0.25) is 5.91 Å². The van der Waals surface area contributed by atoms with Gasteiger partial charge in [-0.1, -0.05) is 6.07 Å². The van der Waals surface area contributed by atoms with E-state index in [1.807, 2.05) is 17.5 Å². The van der Waals surface area contributed by atoms with Crippen molar-refractivity contribution in [2.75, 3.05) is 17.4 Å². The molecule has 1 N–H and O–H groups in total. The summed E-state index contributed by atoms with van der Waals surface area (Å²) < 4.78 is 1.08.